The Balaban J connectivity index is 0.000000197. The highest BCUT2D eigenvalue weighted by molar-refractivity contribution is 7.80. The molecular formula is C35H40N6S2. The zero-order valence-electron chi connectivity index (χ0n) is 24.8. The molecule has 0 unspecified atom stereocenters. The van der Waals surface area contributed by atoms with Crippen LogP contribution in [0.1, 0.15) is 49.3 Å². The van der Waals surface area contributed by atoms with Gasteiger partial charge in [-0.15, -0.1) is 0 Å². The van der Waals surface area contributed by atoms with Crippen molar-refractivity contribution < 1.29 is 0 Å². The van der Waals surface area contributed by atoms with E-state index in [1.54, 1.807) is 0 Å². The largest absolute Gasteiger partial charge is 0.389 e. The van der Waals surface area contributed by atoms with E-state index in [0.717, 1.165) is 82.0 Å². The molecule has 0 aliphatic carbocycles. The highest BCUT2D eigenvalue weighted by atomic mass is 32.1. The van der Waals surface area contributed by atoms with Gasteiger partial charge in [-0.2, -0.15) is 10.5 Å². The first-order valence-corrected chi connectivity index (χ1v) is 15.8. The lowest BCUT2D eigenvalue weighted by Gasteiger charge is -2.34. The quantitative estimate of drug-likeness (QED) is 0.168. The Hall–Kier alpha value is -3.98. The second kappa shape index (κ2) is 16.0. The normalized spacial score (nSPS) is 16.3. The molecule has 6 nitrogen and oxygen atoms in total. The number of nitrogens with one attached hydrogen (secondary N) is 1. The summed E-state index contributed by atoms with van der Waals surface area (Å²) in [6, 6.07) is 27.6. The monoisotopic (exact) mass is 608 g/mol. The van der Waals surface area contributed by atoms with Gasteiger partial charge in [-0.25, -0.2) is 0 Å². The molecule has 2 aliphatic rings. The fraction of sp³-hybridized carbons (Fsp3) is 0.371. The molecule has 3 aromatic rings. The molecule has 0 amide bonds. The van der Waals surface area contributed by atoms with Crippen LogP contribution in [0.5, 0.6) is 0 Å². The Morgan fingerprint density at radius 2 is 1.37 bits per heavy atom. The predicted molar refractivity (Wildman–Crippen MR) is 181 cm³/mol. The average molecular weight is 609 g/mol. The van der Waals surface area contributed by atoms with E-state index in [2.05, 4.69) is 87.6 Å². The molecule has 222 valence electrons. The highest BCUT2D eigenvalue weighted by Gasteiger charge is 2.23. The number of hydrogen-bond donors (Lipinski definition) is 2. The summed E-state index contributed by atoms with van der Waals surface area (Å²) >= 11 is 10.2. The second-order valence-corrected chi connectivity index (χ2v) is 12.2. The number of hydrogen-bond acceptors (Lipinski definition) is 6. The number of allylic oxidation sites excluding steroid dienone is 1. The highest BCUT2D eigenvalue weighted by Crippen LogP contribution is 2.28. The van der Waals surface area contributed by atoms with Gasteiger partial charge in [-0.05, 0) is 74.5 Å². The Labute approximate surface area is 266 Å². The maximum Gasteiger partial charge on any atom is 0.123 e. The summed E-state index contributed by atoms with van der Waals surface area (Å²) in [5, 5.41) is 18.5. The first-order valence-electron chi connectivity index (χ1n) is 15.0. The third kappa shape index (κ3) is 9.00. The van der Waals surface area contributed by atoms with Crippen LogP contribution < -0.4 is 10.6 Å². The summed E-state index contributed by atoms with van der Waals surface area (Å²) in [5.74, 6) is 1.44. The minimum absolute atomic E-state index is 0.196. The number of likely N-dealkylation sites (tertiary alicyclic amines) is 1. The number of H-pyrrole nitrogens is 1. The molecule has 2 saturated heterocycles. The van der Waals surface area contributed by atoms with Gasteiger partial charge >= 0.3 is 0 Å². The molecule has 3 N–H and O–H groups in total. The molecule has 2 aliphatic heterocycles. The molecule has 43 heavy (non-hydrogen) atoms. The Morgan fingerprint density at radius 1 is 0.860 bits per heavy atom. The topological polar surface area (TPSA) is 95.9 Å². The van der Waals surface area contributed by atoms with E-state index >= 15 is 0 Å². The number of nitriles is 2. The molecule has 0 atom stereocenters. The van der Waals surface area contributed by atoms with E-state index in [0.29, 0.717) is 21.7 Å². The van der Waals surface area contributed by atoms with Crippen molar-refractivity contribution >= 4 is 35.1 Å². The van der Waals surface area contributed by atoms with Crippen LogP contribution in [0.4, 0.5) is 5.69 Å². The predicted octanol–water partition coefficient (Wildman–Crippen LogP) is 7.10. The fourth-order valence-corrected chi connectivity index (χ4v) is 6.47. The van der Waals surface area contributed by atoms with Crippen molar-refractivity contribution in [1.29, 1.82) is 10.5 Å². The van der Waals surface area contributed by atoms with Gasteiger partial charge in [0.2, 0.25) is 0 Å². The lowest BCUT2D eigenvalue weighted by atomic mass is 9.90. The maximum atomic E-state index is 9.31. The molecule has 8 heteroatoms. The van der Waals surface area contributed by atoms with Gasteiger partial charge < -0.3 is 20.5 Å². The van der Waals surface area contributed by atoms with E-state index < -0.39 is 0 Å². The fourth-order valence-electron chi connectivity index (χ4n) is 6.06. The van der Waals surface area contributed by atoms with Crippen LogP contribution in [0.3, 0.4) is 0 Å². The summed E-state index contributed by atoms with van der Waals surface area (Å²) in [4.78, 5) is 7.66. The van der Waals surface area contributed by atoms with Gasteiger partial charge in [0.1, 0.15) is 32.9 Å². The molecule has 2 fully saturated rings. The summed E-state index contributed by atoms with van der Waals surface area (Å²) in [6.07, 6.45) is 8.71. The van der Waals surface area contributed by atoms with Crippen molar-refractivity contribution in [3.63, 3.8) is 0 Å². The smallest absolute Gasteiger partial charge is 0.123 e. The van der Waals surface area contributed by atoms with Crippen LogP contribution in [0.2, 0.25) is 0 Å². The third-order valence-corrected chi connectivity index (χ3v) is 9.08. The van der Waals surface area contributed by atoms with Crippen molar-refractivity contribution in [1.82, 2.24) is 9.88 Å². The van der Waals surface area contributed by atoms with Gasteiger partial charge in [0.15, 0.2) is 0 Å². The molecular weight excluding hydrogens is 569 g/mol. The Bertz CT molecular complexity index is 1520. The second-order valence-electron chi connectivity index (χ2n) is 11.4. The van der Waals surface area contributed by atoms with Crippen LogP contribution >= 0.6 is 24.4 Å². The lowest BCUT2D eigenvalue weighted by molar-refractivity contribution is 0.225. The zero-order chi connectivity index (χ0) is 30.6. The summed E-state index contributed by atoms with van der Waals surface area (Å²) < 4.78 is 0.534. The number of nitrogens with zero attached hydrogens (tertiary/aromatic N) is 4. The van der Waals surface area contributed by atoms with E-state index in [-0.39, 0.29) is 4.99 Å². The average Bonchev–Trinajstić information content (AvgIpc) is 3.03. The molecule has 1 aromatic heterocycles. The number of aromatic amines is 1. The van der Waals surface area contributed by atoms with Gasteiger partial charge in [0.05, 0.1) is 5.69 Å². The van der Waals surface area contributed by atoms with E-state index in [1.165, 1.54) is 11.1 Å². The number of aromatic nitrogens is 1. The van der Waals surface area contributed by atoms with Crippen molar-refractivity contribution in [2.75, 3.05) is 31.1 Å². The molecule has 2 aromatic carbocycles. The molecule has 0 saturated carbocycles. The number of thiocarbonyl (C=S) groups is 1. The number of rotatable bonds is 7. The van der Waals surface area contributed by atoms with Crippen LogP contribution in [-0.4, -0.2) is 41.1 Å². The molecule has 0 radical (unpaired) electrons. The minimum atomic E-state index is 0.196. The van der Waals surface area contributed by atoms with Crippen molar-refractivity contribution in [3.05, 3.63) is 106 Å². The summed E-state index contributed by atoms with van der Waals surface area (Å²) in [6.45, 7) is 5.86. The van der Waals surface area contributed by atoms with Crippen LogP contribution in [0, 0.1) is 39.1 Å². The van der Waals surface area contributed by atoms with Crippen LogP contribution in [0.25, 0.3) is 0 Å². The zero-order valence-corrected chi connectivity index (χ0v) is 26.5. The molecule has 0 spiro atoms. The summed E-state index contributed by atoms with van der Waals surface area (Å²) in [5.41, 5.74) is 11.4. The number of nitrogens with two attached hydrogens (primary N) is 1. The third-order valence-electron chi connectivity index (χ3n) is 8.55. The van der Waals surface area contributed by atoms with Gasteiger partial charge in [0.25, 0.3) is 0 Å². The standard InChI is InChI=1S/C18H19N3S.C17H21N3S/c19-13-16-17(6-9-20-18(16)22)21-10-7-15(8-11-21)12-14-4-2-1-3-5-14;1-13(16(12-18)17(19)21)20-9-7-15(8-10-20)11-14-5-3-2-4-6-14/h1-6,9,15H,7-8,10-12H2,(H,20,22);2-6,15H,7-11H2,1H3,(H2,19,21)/b;16-13-. The minimum Gasteiger partial charge on any atom is -0.389 e. The molecule has 0 bridgehead atoms. The number of pyridine rings is 1. The van der Waals surface area contributed by atoms with Gasteiger partial charge in [-0.1, -0.05) is 85.1 Å². The van der Waals surface area contributed by atoms with E-state index in [1.807, 2.05) is 19.2 Å². The number of anilines is 1. The van der Waals surface area contributed by atoms with Crippen LogP contribution in [0.15, 0.2) is 84.2 Å². The Morgan fingerprint density at radius 3 is 1.84 bits per heavy atom. The number of piperidine rings is 2. The molecule has 3 heterocycles. The lowest BCUT2D eigenvalue weighted by Crippen LogP contribution is -2.34. The van der Waals surface area contributed by atoms with E-state index in [4.69, 9.17) is 35.4 Å². The number of benzene rings is 2. The first-order chi connectivity index (χ1) is 20.9. The van der Waals surface area contributed by atoms with Crippen molar-refractivity contribution in [2.24, 2.45) is 17.6 Å². The Kier molecular flexibility index (Phi) is 11.9. The van der Waals surface area contributed by atoms with E-state index in [9.17, 15) is 5.26 Å². The summed E-state index contributed by atoms with van der Waals surface area (Å²) in [7, 11) is 0. The van der Waals surface area contributed by atoms with Gasteiger partial charge in [0, 0.05) is 38.1 Å². The first kappa shape index (κ1) is 31.9. The van der Waals surface area contributed by atoms with Crippen molar-refractivity contribution in [2.45, 2.75) is 45.4 Å². The van der Waals surface area contributed by atoms with Crippen molar-refractivity contribution in [3.8, 4) is 12.1 Å². The molecule has 5 rings (SSSR count). The van der Waals surface area contributed by atoms with Crippen LogP contribution in [-0.2, 0) is 12.8 Å². The maximum absolute atomic E-state index is 9.31. The van der Waals surface area contributed by atoms with Gasteiger partial charge in [-0.3, -0.25) is 0 Å². The SMILES string of the molecule is C/C(=C(\C#N)C(N)=S)N1CCC(Cc2ccccc2)CC1.N#Cc1c(N2CCC(Cc3ccccc3)CC2)cc[nH]c1=S.